The molecular weight excluding hydrogens is 382 g/mol. The third-order valence-electron chi connectivity index (χ3n) is 4.80. The van der Waals surface area contributed by atoms with Gasteiger partial charge in [-0.3, -0.25) is 0 Å². The van der Waals surface area contributed by atoms with E-state index in [0.29, 0.717) is 12.6 Å². The number of sulfonamides is 1. The second-order valence-electron chi connectivity index (χ2n) is 7.82. The van der Waals surface area contributed by atoms with Gasteiger partial charge in [0.05, 0.1) is 5.25 Å². The molecule has 0 spiro atoms. The molecule has 6 heteroatoms. The van der Waals surface area contributed by atoms with E-state index in [2.05, 4.69) is 77.3 Å². The zero-order chi connectivity index (χ0) is 21.3. The predicted molar refractivity (Wildman–Crippen MR) is 125 cm³/mol. The van der Waals surface area contributed by atoms with Crippen molar-refractivity contribution < 1.29 is 8.42 Å². The van der Waals surface area contributed by atoms with E-state index < -0.39 is 10.0 Å². The Kier molecular flexibility index (Phi) is 8.99. The van der Waals surface area contributed by atoms with Crippen LogP contribution in [-0.4, -0.2) is 32.8 Å². The van der Waals surface area contributed by atoms with Gasteiger partial charge < -0.3 is 10.2 Å². The molecule has 0 unspecified atom stereocenters. The van der Waals surface area contributed by atoms with Crippen LogP contribution in [-0.2, 0) is 10.0 Å². The Hall–Kier alpha value is -2.05. The number of nitrogens with zero attached hydrogens (tertiary/aromatic N) is 1. The Bertz CT molecular complexity index is 819. The van der Waals surface area contributed by atoms with Crippen LogP contribution in [0.3, 0.4) is 0 Å². The topological polar surface area (TPSA) is 61.4 Å². The largest absolute Gasteiger partial charge is 0.385 e. The van der Waals surface area contributed by atoms with Crippen LogP contribution in [0.25, 0.3) is 0 Å². The minimum absolute atomic E-state index is 0.365. The third-order valence-corrected chi connectivity index (χ3v) is 6.65. The van der Waals surface area contributed by atoms with Crippen molar-refractivity contribution in [3.05, 3.63) is 54.6 Å². The number of rotatable bonds is 12. The van der Waals surface area contributed by atoms with Gasteiger partial charge in [-0.15, -0.1) is 0 Å². The van der Waals surface area contributed by atoms with Crippen molar-refractivity contribution in [1.82, 2.24) is 4.72 Å². The number of benzene rings is 2. The van der Waals surface area contributed by atoms with Crippen LogP contribution in [0.15, 0.2) is 54.6 Å². The summed E-state index contributed by atoms with van der Waals surface area (Å²) in [6, 6.07) is 19.3. The Morgan fingerprint density at radius 3 is 1.97 bits per heavy atom. The molecule has 0 aliphatic heterocycles. The second kappa shape index (κ2) is 11.2. The van der Waals surface area contributed by atoms with Crippen molar-refractivity contribution in [3.8, 4) is 0 Å². The average Bonchev–Trinajstić information content (AvgIpc) is 2.69. The van der Waals surface area contributed by atoms with Crippen molar-refractivity contribution in [1.29, 1.82) is 0 Å². The molecule has 2 N–H and O–H groups in total. The summed E-state index contributed by atoms with van der Waals surface area (Å²) in [6.45, 7) is 9.17. The smallest absolute Gasteiger partial charge is 0.213 e. The van der Waals surface area contributed by atoms with E-state index >= 15 is 0 Å². The first kappa shape index (κ1) is 23.2. The standard InChI is InChI=1S/C23H35N3O2S/c1-19(2)26(22-11-7-5-8-12-22)23-15-13-21(14-16-23)24-17-9-6-10-18-25-29(27,28)20(3)4/h5,7-8,11-16,19-20,24-25H,6,9-10,17-18H2,1-4H3. The predicted octanol–water partition coefficient (Wildman–Crippen LogP) is 5.14. The van der Waals surface area contributed by atoms with Crippen molar-refractivity contribution in [2.24, 2.45) is 0 Å². The fraction of sp³-hybridized carbons (Fsp3) is 0.478. The highest BCUT2D eigenvalue weighted by atomic mass is 32.2. The zero-order valence-electron chi connectivity index (χ0n) is 18.1. The highest BCUT2D eigenvalue weighted by molar-refractivity contribution is 7.90. The van der Waals surface area contributed by atoms with Crippen LogP contribution in [0, 0.1) is 0 Å². The van der Waals surface area contributed by atoms with E-state index in [-0.39, 0.29) is 5.25 Å². The zero-order valence-corrected chi connectivity index (χ0v) is 18.9. The monoisotopic (exact) mass is 417 g/mol. The third kappa shape index (κ3) is 7.37. The fourth-order valence-corrected chi connectivity index (χ4v) is 3.88. The molecule has 0 saturated heterocycles. The quantitative estimate of drug-likeness (QED) is 0.469. The van der Waals surface area contributed by atoms with E-state index in [9.17, 15) is 8.42 Å². The van der Waals surface area contributed by atoms with Crippen LogP contribution in [0.5, 0.6) is 0 Å². The van der Waals surface area contributed by atoms with Gasteiger partial charge in [0.25, 0.3) is 0 Å². The Morgan fingerprint density at radius 1 is 0.793 bits per heavy atom. The molecule has 0 saturated carbocycles. The molecule has 2 rings (SSSR count). The SMILES string of the molecule is CC(C)N(c1ccccc1)c1ccc(NCCCCCNS(=O)(=O)C(C)C)cc1. The lowest BCUT2D eigenvalue weighted by atomic mass is 10.1. The molecule has 0 amide bonds. The molecular formula is C23H35N3O2S. The van der Waals surface area contributed by atoms with Gasteiger partial charge in [-0.05, 0) is 76.9 Å². The Balaban J connectivity index is 1.76. The maximum atomic E-state index is 11.7. The average molecular weight is 418 g/mol. The van der Waals surface area contributed by atoms with E-state index in [4.69, 9.17) is 0 Å². The fourth-order valence-electron chi connectivity index (χ4n) is 3.11. The number of hydrogen-bond acceptors (Lipinski definition) is 4. The number of nitrogens with one attached hydrogen (secondary N) is 2. The van der Waals surface area contributed by atoms with Gasteiger partial charge in [0.1, 0.15) is 0 Å². The maximum absolute atomic E-state index is 11.7. The lowest BCUT2D eigenvalue weighted by Gasteiger charge is -2.29. The van der Waals surface area contributed by atoms with Crippen molar-refractivity contribution >= 4 is 27.1 Å². The Labute approximate surface area is 176 Å². The molecule has 0 aliphatic carbocycles. The van der Waals surface area contributed by atoms with Crippen LogP contribution >= 0.6 is 0 Å². The molecule has 2 aromatic carbocycles. The van der Waals surface area contributed by atoms with Gasteiger partial charge >= 0.3 is 0 Å². The molecule has 160 valence electrons. The highest BCUT2D eigenvalue weighted by Crippen LogP contribution is 2.28. The molecule has 5 nitrogen and oxygen atoms in total. The van der Waals surface area contributed by atoms with Crippen LogP contribution in [0.4, 0.5) is 17.1 Å². The minimum atomic E-state index is -3.14. The maximum Gasteiger partial charge on any atom is 0.213 e. The molecule has 0 radical (unpaired) electrons. The van der Waals surface area contributed by atoms with Crippen molar-refractivity contribution in [2.75, 3.05) is 23.3 Å². The van der Waals surface area contributed by atoms with Gasteiger partial charge in [-0.25, -0.2) is 13.1 Å². The Morgan fingerprint density at radius 2 is 1.38 bits per heavy atom. The van der Waals surface area contributed by atoms with Gasteiger partial charge in [0.15, 0.2) is 0 Å². The molecule has 0 heterocycles. The van der Waals surface area contributed by atoms with Gasteiger partial charge in [-0.2, -0.15) is 0 Å². The molecule has 0 fully saturated rings. The number of para-hydroxylation sites is 1. The van der Waals surface area contributed by atoms with E-state index in [1.54, 1.807) is 13.8 Å². The van der Waals surface area contributed by atoms with Crippen LogP contribution in [0.2, 0.25) is 0 Å². The molecule has 0 bridgehead atoms. The summed E-state index contributed by atoms with van der Waals surface area (Å²) in [6.07, 6.45) is 2.85. The van der Waals surface area contributed by atoms with Gasteiger partial charge in [0.2, 0.25) is 10.0 Å². The highest BCUT2D eigenvalue weighted by Gasteiger charge is 2.14. The van der Waals surface area contributed by atoms with E-state index in [1.165, 1.54) is 11.4 Å². The minimum Gasteiger partial charge on any atom is -0.385 e. The molecule has 0 aliphatic rings. The van der Waals surface area contributed by atoms with Crippen LogP contribution < -0.4 is 14.9 Å². The van der Waals surface area contributed by atoms with Crippen molar-refractivity contribution in [3.63, 3.8) is 0 Å². The number of unbranched alkanes of at least 4 members (excludes halogenated alkanes) is 2. The number of hydrogen-bond donors (Lipinski definition) is 2. The first-order valence-electron chi connectivity index (χ1n) is 10.5. The summed E-state index contributed by atoms with van der Waals surface area (Å²) in [5.74, 6) is 0. The summed E-state index contributed by atoms with van der Waals surface area (Å²) >= 11 is 0. The summed E-state index contributed by atoms with van der Waals surface area (Å²) in [5, 5.41) is 3.07. The van der Waals surface area contributed by atoms with Crippen LogP contribution in [0.1, 0.15) is 47.0 Å². The summed E-state index contributed by atoms with van der Waals surface area (Å²) < 4.78 is 26.0. The van der Waals surface area contributed by atoms with Gasteiger partial charge in [-0.1, -0.05) is 24.6 Å². The lowest BCUT2D eigenvalue weighted by Crippen LogP contribution is -2.31. The summed E-state index contributed by atoms with van der Waals surface area (Å²) in [5.41, 5.74) is 3.47. The van der Waals surface area contributed by atoms with Gasteiger partial charge in [0, 0.05) is 36.2 Å². The molecule has 29 heavy (non-hydrogen) atoms. The number of anilines is 3. The summed E-state index contributed by atoms with van der Waals surface area (Å²) in [7, 11) is -3.14. The second-order valence-corrected chi connectivity index (χ2v) is 10.1. The molecule has 2 aromatic rings. The van der Waals surface area contributed by atoms with E-state index in [0.717, 1.165) is 31.5 Å². The van der Waals surface area contributed by atoms with E-state index in [1.807, 2.05) is 6.07 Å². The first-order valence-corrected chi connectivity index (χ1v) is 12.0. The summed E-state index contributed by atoms with van der Waals surface area (Å²) in [4.78, 5) is 2.32. The lowest BCUT2D eigenvalue weighted by molar-refractivity contribution is 0.566. The first-order chi connectivity index (χ1) is 13.8. The normalized spacial score (nSPS) is 11.8. The molecule has 0 atom stereocenters. The van der Waals surface area contributed by atoms with Crippen molar-refractivity contribution in [2.45, 2.75) is 58.2 Å². The molecule has 0 aromatic heterocycles.